The summed E-state index contributed by atoms with van der Waals surface area (Å²) in [6.45, 7) is 11.9. The molecule has 5 aliphatic rings. The van der Waals surface area contributed by atoms with Gasteiger partial charge in [0, 0.05) is 34.3 Å². The maximum atomic E-state index is 7.34. The topological polar surface area (TPSA) is 3.24 Å². The second-order valence-electron chi connectivity index (χ2n) is 15.2. The first-order valence-electron chi connectivity index (χ1n) is 17.1. The van der Waals surface area contributed by atoms with Gasteiger partial charge in [0.2, 0.25) is 0 Å². The standard InChI is InChI=1S/C44H44ClN/c1-27-15-18-32(43(2,3)40-33(27)20-16-28-11-7-9-13-34(28)40)19-21-36-30-25-31(26-30)37(42(36)45)22-24-39-44(4,5)41-35-14-10-8-12-29(35)17-23-38(41)46(39)6/h7-14,16-24,27,30-31H,15,25-26H2,1-6H3/b21-19+,37-22+,39-24+. The summed E-state index contributed by atoms with van der Waals surface area (Å²) in [6, 6.07) is 26.9. The molecule has 1 nitrogen and oxygen atoms in total. The van der Waals surface area contributed by atoms with Crippen molar-refractivity contribution in [2.24, 2.45) is 11.8 Å². The van der Waals surface area contributed by atoms with Crippen molar-refractivity contribution in [1.82, 2.24) is 0 Å². The van der Waals surface area contributed by atoms with Crippen LogP contribution < -0.4 is 4.90 Å². The summed E-state index contributed by atoms with van der Waals surface area (Å²) in [6.07, 6.45) is 15.4. The first-order valence-corrected chi connectivity index (χ1v) is 17.4. The van der Waals surface area contributed by atoms with Gasteiger partial charge in [0.1, 0.15) is 0 Å². The Morgan fingerprint density at radius 3 is 2.11 bits per heavy atom. The highest BCUT2D eigenvalue weighted by atomic mass is 35.5. The molecule has 46 heavy (non-hydrogen) atoms. The van der Waals surface area contributed by atoms with Crippen molar-refractivity contribution >= 4 is 38.8 Å². The number of halogens is 1. The lowest BCUT2D eigenvalue weighted by Gasteiger charge is -2.44. The molecule has 1 heterocycles. The van der Waals surface area contributed by atoms with Gasteiger partial charge >= 0.3 is 0 Å². The lowest BCUT2D eigenvalue weighted by molar-refractivity contribution is 0.259. The molecule has 1 atom stereocenters. The normalized spacial score (nSPS) is 26.5. The van der Waals surface area contributed by atoms with Crippen LogP contribution in [0, 0.1) is 11.8 Å². The van der Waals surface area contributed by atoms with Crippen molar-refractivity contribution in [1.29, 1.82) is 0 Å². The van der Waals surface area contributed by atoms with E-state index in [4.69, 9.17) is 11.6 Å². The van der Waals surface area contributed by atoms with E-state index in [9.17, 15) is 0 Å². The molecule has 4 aromatic carbocycles. The maximum Gasteiger partial charge on any atom is 0.0475 e. The zero-order valence-electron chi connectivity index (χ0n) is 28.0. The number of allylic oxidation sites excluding steroid dienone is 10. The van der Waals surface area contributed by atoms with E-state index in [2.05, 4.69) is 150 Å². The third-order valence-electron chi connectivity index (χ3n) is 11.8. The van der Waals surface area contributed by atoms with Gasteiger partial charge in [-0.1, -0.05) is 137 Å². The van der Waals surface area contributed by atoms with Gasteiger partial charge in [-0.2, -0.15) is 0 Å². The molecule has 232 valence electrons. The lowest BCUT2D eigenvalue weighted by Crippen LogP contribution is -2.32. The molecule has 1 fully saturated rings. The second-order valence-corrected chi connectivity index (χ2v) is 15.6. The number of nitrogens with zero attached hydrogens (tertiary/aromatic N) is 1. The van der Waals surface area contributed by atoms with Crippen LogP contribution in [0.25, 0.3) is 21.5 Å². The minimum absolute atomic E-state index is 0.104. The van der Waals surface area contributed by atoms with Gasteiger partial charge in [0.15, 0.2) is 0 Å². The Labute approximate surface area is 279 Å². The number of benzene rings is 4. The van der Waals surface area contributed by atoms with Crippen LogP contribution in [-0.2, 0) is 10.8 Å². The molecule has 4 aromatic rings. The first kappa shape index (κ1) is 29.6. The highest BCUT2D eigenvalue weighted by Crippen LogP contribution is 2.55. The average molecular weight is 622 g/mol. The molecule has 2 heteroatoms. The van der Waals surface area contributed by atoms with E-state index >= 15 is 0 Å². The van der Waals surface area contributed by atoms with Gasteiger partial charge in [-0.25, -0.2) is 0 Å². The van der Waals surface area contributed by atoms with Crippen LogP contribution in [0.2, 0.25) is 0 Å². The molecule has 0 radical (unpaired) electrons. The molecular formula is C44H44ClN. The molecular weight excluding hydrogens is 578 g/mol. The Morgan fingerprint density at radius 1 is 0.739 bits per heavy atom. The number of likely N-dealkylation sites (N-methyl/N-ethyl adjacent to an activating group) is 1. The summed E-state index contributed by atoms with van der Waals surface area (Å²) in [4.78, 5) is 2.38. The summed E-state index contributed by atoms with van der Waals surface area (Å²) in [5.41, 5.74) is 10.8. The third kappa shape index (κ3) is 4.34. The van der Waals surface area contributed by atoms with Crippen molar-refractivity contribution in [3.05, 3.63) is 147 Å². The fraction of sp³-hybridized carbons (Fsp3) is 0.318. The van der Waals surface area contributed by atoms with Crippen LogP contribution in [0.4, 0.5) is 5.69 Å². The quantitative estimate of drug-likeness (QED) is 0.220. The second kappa shape index (κ2) is 10.6. The lowest BCUT2D eigenvalue weighted by atomic mass is 9.62. The van der Waals surface area contributed by atoms with E-state index in [1.807, 2.05) is 0 Å². The monoisotopic (exact) mass is 621 g/mol. The van der Waals surface area contributed by atoms with Crippen molar-refractivity contribution in [2.75, 3.05) is 11.9 Å². The number of rotatable bonds is 3. The summed E-state index contributed by atoms with van der Waals surface area (Å²) in [7, 11) is 2.21. The molecule has 0 saturated heterocycles. The van der Waals surface area contributed by atoms with Crippen LogP contribution >= 0.6 is 11.6 Å². The van der Waals surface area contributed by atoms with E-state index in [1.54, 1.807) is 0 Å². The predicted octanol–water partition coefficient (Wildman–Crippen LogP) is 12.0. The summed E-state index contributed by atoms with van der Waals surface area (Å²) >= 11 is 7.34. The third-order valence-corrected chi connectivity index (χ3v) is 12.2. The Hall–Kier alpha value is -3.81. The largest absolute Gasteiger partial charge is 0.347 e. The smallest absolute Gasteiger partial charge is 0.0475 e. The van der Waals surface area contributed by atoms with Gasteiger partial charge in [-0.05, 0) is 104 Å². The molecule has 1 aliphatic heterocycles. The van der Waals surface area contributed by atoms with E-state index in [-0.39, 0.29) is 10.8 Å². The highest BCUT2D eigenvalue weighted by Gasteiger charge is 2.42. The van der Waals surface area contributed by atoms with Crippen LogP contribution in [0.15, 0.2) is 131 Å². The summed E-state index contributed by atoms with van der Waals surface area (Å²) < 4.78 is 0. The van der Waals surface area contributed by atoms with Crippen LogP contribution in [0.3, 0.4) is 0 Å². The highest BCUT2D eigenvalue weighted by molar-refractivity contribution is 6.33. The minimum atomic E-state index is -0.109. The van der Waals surface area contributed by atoms with Gasteiger partial charge in [-0.15, -0.1) is 0 Å². The fourth-order valence-electron chi connectivity index (χ4n) is 9.11. The Morgan fingerprint density at radius 2 is 1.39 bits per heavy atom. The number of hydrogen-bond donors (Lipinski definition) is 0. The predicted molar refractivity (Wildman–Crippen MR) is 198 cm³/mol. The molecule has 1 unspecified atom stereocenters. The molecule has 0 amide bonds. The van der Waals surface area contributed by atoms with E-state index in [1.165, 1.54) is 79.2 Å². The molecule has 2 bridgehead atoms. The average Bonchev–Trinajstić information content (AvgIpc) is 3.16. The number of anilines is 1. The molecule has 1 saturated carbocycles. The molecule has 9 rings (SSSR count). The molecule has 0 spiro atoms. The summed E-state index contributed by atoms with van der Waals surface area (Å²) in [5, 5.41) is 6.31. The first-order chi connectivity index (χ1) is 22.1. The Balaban J connectivity index is 1.15. The number of hydrogen-bond acceptors (Lipinski definition) is 1. The Kier molecular flexibility index (Phi) is 6.82. The molecule has 0 aromatic heterocycles. The van der Waals surface area contributed by atoms with Crippen molar-refractivity contribution in [3.8, 4) is 0 Å². The zero-order chi connectivity index (χ0) is 32.0. The van der Waals surface area contributed by atoms with E-state index in [0.29, 0.717) is 17.8 Å². The Bertz CT molecular complexity index is 2070. The van der Waals surface area contributed by atoms with Crippen LogP contribution in [0.5, 0.6) is 0 Å². The van der Waals surface area contributed by atoms with Crippen LogP contribution in [-0.4, -0.2) is 7.05 Å². The van der Waals surface area contributed by atoms with Gasteiger partial charge in [0.25, 0.3) is 0 Å². The number of fused-ring (bicyclic) bond motifs is 7. The van der Waals surface area contributed by atoms with E-state index in [0.717, 1.165) is 11.5 Å². The SMILES string of the molecule is CC1CC=C(/C=C/C2=C(Cl)C(=C/C=C3/N(C)c4ccc5ccccc5c4C3(C)C)/C3CC2C3)C(C)(C)c2c1ccc1ccccc21. The fourth-order valence-corrected chi connectivity index (χ4v) is 9.55. The molecule has 0 N–H and O–H groups in total. The van der Waals surface area contributed by atoms with E-state index < -0.39 is 0 Å². The van der Waals surface area contributed by atoms with Crippen molar-refractivity contribution < 1.29 is 0 Å². The molecule has 4 aliphatic carbocycles. The minimum Gasteiger partial charge on any atom is -0.347 e. The van der Waals surface area contributed by atoms with Crippen molar-refractivity contribution in [3.63, 3.8) is 0 Å². The maximum absolute atomic E-state index is 7.34. The van der Waals surface area contributed by atoms with Crippen LogP contribution in [0.1, 0.15) is 76.5 Å². The summed E-state index contributed by atoms with van der Waals surface area (Å²) in [5.74, 6) is 1.60. The zero-order valence-corrected chi connectivity index (χ0v) is 28.7. The van der Waals surface area contributed by atoms with Gasteiger partial charge < -0.3 is 4.90 Å². The van der Waals surface area contributed by atoms with Gasteiger partial charge in [-0.3, -0.25) is 0 Å². The van der Waals surface area contributed by atoms with Crippen molar-refractivity contribution in [2.45, 2.75) is 70.6 Å². The van der Waals surface area contributed by atoms with Gasteiger partial charge in [0.05, 0.1) is 0 Å².